The van der Waals surface area contributed by atoms with Crippen LogP contribution in [-0.4, -0.2) is 5.11 Å². The number of aryl methyl sites for hydroxylation is 1. The Morgan fingerprint density at radius 3 is 2.69 bits per heavy atom. The van der Waals surface area contributed by atoms with E-state index in [9.17, 15) is 9.50 Å². The Hall–Kier alpha value is -1.57. The van der Waals surface area contributed by atoms with Crippen molar-refractivity contribution in [3.05, 3.63) is 41.7 Å². The van der Waals surface area contributed by atoms with Gasteiger partial charge in [0.15, 0.2) is 0 Å². The summed E-state index contributed by atoms with van der Waals surface area (Å²) in [4.78, 5) is 0. The van der Waals surface area contributed by atoms with Crippen molar-refractivity contribution in [3.8, 4) is 5.75 Å². The largest absolute Gasteiger partial charge is 0.507 e. The van der Waals surface area contributed by atoms with Crippen molar-refractivity contribution in [1.29, 1.82) is 0 Å². The first-order valence-corrected chi connectivity index (χ1v) is 4.06. The van der Waals surface area contributed by atoms with Crippen molar-refractivity contribution < 1.29 is 9.50 Å². The molecule has 0 bridgehead atoms. The normalized spacial score (nSPS) is 10.6. The highest BCUT2D eigenvalue weighted by Gasteiger charge is 2.02. The summed E-state index contributed by atoms with van der Waals surface area (Å²) in [5, 5.41) is 11.0. The first kappa shape index (κ1) is 8.05. The molecule has 0 fully saturated rings. The molecule has 0 aromatic heterocycles. The molecule has 1 N–H and O–H groups in total. The van der Waals surface area contributed by atoms with E-state index in [-0.39, 0.29) is 11.6 Å². The van der Waals surface area contributed by atoms with Gasteiger partial charge in [-0.25, -0.2) is 4.39 Å². The number of aromatic hydroxyl groups is 1. The highest BCUT2D eigenvalue weighted by Crippen LogP contribution is 2.28. The molecular formula is C11H9FO. The van der Waals surface area contributed by atoms with Crippen LogP contribution in [0.5, 0.6) is 5.75 Å². The van der Waals surface area contributed by atoms with Gasteiger partial charge in [0.2, 0.25) is 0 Å². The van der Waals surface area contributed by atoms with E-state index in [0.29, 0.717) is 5.39 Å². The third-order valence-electron chi connectivity index (χ3n) is 2.16. The number of phenols is 1. The average molecular weight is 176 g/mol. The average Bonchev–Trinajstić information content (AvgIpc) is 2.12. The summed E-state index contributed by atoms with van der Waals surface area (Å²) in [6.45, 7) is 1.82. The first-order valence-electron chi connectivity index (χ1n) is 4.06. The van der Waals surface area contributed by atoms with Crippen molar-refractivity contribution >= 4 is 10.8 Å². The molecular weight excluding hydrogens is 167 g/mol. The van der Waals surface area contributed by atoms with Crippen LogP contribution in [-0.2, 0) is 0 Å². The number of halogens is 1. The lowest BCUT2D eigenvalue weighted by molar-refractivity contribution is 0.477. The van der Waals surface area contributed by atoms with Gasteiger partial charge in [0.25, 0.3) is 0 Å². The van der Waals surface area contributed by atoms with Crippen LogP contribution in [0.25, 0.3) is 10.8 Å². The zero-order chi connectivity index (χ0) is 9.42. The Bertz CT molecular complexity index is 463. The van der Waals surface area contributed by atoms with Gasteiger partial charge in [0.05, 0.1) is 0 Å². The van der Waals surface area contributed by atoms with Gasteiger partial charge in [-0.2, -0.15) is 0 Å². The summed E-state index contributed by atoms with van der Waals surface area (Å²) >= 11 is 0. The van der Waals surface area contributed by atoms with Crippen molar-refractivity contribution in [1.82, 2.24) is 0 Å². The number of hydrogen-bond acceptors (Lipinski definition) is 1. The molecule has 0 aliphatic carbocycles. The van der Waals surface area contributed by atoms with Crippen molar-refractivity contribution in [2.45, 2.75) is 6.92 Å². The Balaban J connectivity index is 2.87. The number of fused-ring (bicyclic) bond motifs is 1. The Morgan fingerprint density at radius 1 is 1.15 bits per heavy atom. The SMILES string of the molecule is Cc1ccc2cc(F)ccc2c1O. The van der Waals surface area contributed by atoms with Crippen LogP contribution in [0.3, 0.4) is 0 Å². The second kappa shape index (κ2) is 2.73. The van der Waals surface area contributed by atoms with Crippen LogP contribution in [0.15, 0.2) is 30.3 Å². The lowest BCUT2D eigenvalue weighted by Crippen LogP contribution is -1.80. The maximum Gasteiger partial charge on any atom is 0.126 e. The second-order valence-electron chi connectivity index (χ2n) is 3.10. The van der Waals surface area contributed by atoms with Crippen LogP contribution in [0.2, 0.25) is 0 Å². The third-order valence-corrected chi connectivity index (χ3v) is 2.16. The van der Waals surface area contributed by atoms with Crippen molar-refractivity contribution in [2.75, 3.05) is 0 Å². The Labute approximate surface area is 75.4 Å². The summed E-state index contributed by atoms with van der Waals surface area (Å²) in [7, 11) is 0. The molecule has 0 aliphatic heterocycles. The fourth-order valence-corrected chi connectivity index (χ4v) is 1.39. The van der Waals surface area contributed by atoms with E-state index < -0.39 is 0 Å². The molecule has 0 atom stereocenters. The lowest BCUT2D eigenvalue weighted by Gasteiger charge is -2.03. The number of phenolic OH excluding ortho intramolecular Hbond substituents is 1. The van der Waals surface area contributed by atoms with Crippen LogP contribution < -0.4 is 0 Å². The number of rotatable bonds is 0. The van der Waals surface area contributed by atoms with Gasteiger partial charge in [0, 0.05) is 5.39 Å². The first-order chi connectivity index (χ1) is 6.18. The zero-order valence-corrected chi connectivity index (χ0v) is 7.21. The van der Waals surface area contributed by atoms with Crippen molar-refractivity contribution in [2.24, 2.45) is 0 Å². The fourth-order valence-electron chi connectivity index (χ4n) is 1.39. The van der Waals surface area contributed by atoms with Gasteiger partial charge in [-0.3, -0.25) is 0 Å². The van der Waals surface area contributed by atoms with Gasteiger partial charge in [-0.05, 0) is 36.1 Å². The van der Waals surface area contributed by atoms with Crippen LogP contribution in [0.1, 0.15) is 5.56 Å². The van der Waals surface area contributed by atoms with Gasteiger partial charge in [0.1, 0.15) is 11.6 Å². The molecule has 0 radical (unpaired) electrons. The summed E-state index contributed by atoms with van der Waals surface area (Å²) in [6.07, 6.45) is 0. The molecule has 0 saturated heterocycles. The molecule has 2 rings (SSSR count). The van der Waals surface area contributed by atoms with E-state index in [1.165, 1.54) is 12.1 Å². The number of hydrogen-bond donors (Lipinski definition) is 1. The van der Waals surface area contributed by atoms with Crippen molar-refractivity contribution in [3.63, 3.8) is 0 Å². The molecule has 0 saturated carbocycles. The van der Waals surface area contributed by atoms with E-state index in [1.54, 1.807) is 18.2 Å². The summed E-state index contributed by atoms with van der Waals surface area (Å²) in [6, 6.07) is 7.92. The Kier molecular flexibility index (Phi) is 1.69. The molecule has 13 heavy (non-hydrogen) atoms. The minimum atomic E-state index is -0.282. The summed E-state index contributed by atoms with van der Waals surface area (Å²) < 4.78 is 12.8. The molecule has 0 heterocycles. The second-order valence-corrected chi connectivity index (χ2v) is 3.10. The highest BCUT2D eigenvalue weighted by molar-refractivity contribution is 5.89. The lowest BCUT2D eigenvalue weighted by atomic mass is 10.1. The highest BCUT2D eigenvalue weighted by atomic mass is 19.1. The molecule has 2 aromatic carbocycles. The minimum Gasteiger partial charge on any atom is -0.507 e. The zero-order valence-electron chi connectivity index (χ0n) is 7.21. The summed E-state index contributed by atoms with van der Waals surface area (Å²) in [5.74, 6) is -0.0479. The molecule has 0 unspecified atom stereocenters. The molecule has 2 heteroatoms. The van der Waals surface area contributed by atoms with E-state index in [4.69, 9.17) is 0 Å². The maximum absolute atomic E-state index is 12.8. The molecule has 2 aromatic rings. The van der Waals surface area contributed by atoms with Crippen LogP contribution in [0.4, 0.5) is 4.39 Å². The topological polar surface area (TPSA) is 20.2 Å². The molecule has 0 spiro atoms. The quantitative estimate of drug-likeness (QED) is 0.654. The monoisotopic (exact) mass is 176 g/mol. The predicted octanol–water partition coefficient (Wildman–Crippen LogP) is 2.99. The van der Waals surface area contributed by atoms with E-state index in [0.717, 1.165) is 10.9 Å². The van der Waals surface area contributed by atoms with Gasteiger partial charge in [-0.1, -0.05) is 12.1 Å². The van der Waals surface area contributed by atoms with Crippen LogP contribution >= 0.6 is 0 Å². The maximum atomic E-state index is 12.8. The summed E-state index contributed by atoms with van der Waals surface area (Å²) in [5.41, 5.74) is 0.805. The van der Waals surface area contributed by atoms with E-state index in [1.807, 2.05) is 6.92 Å². The van der Waals surface area contributed by atoms with Crippen LogP contribution in [0, 0.1) is 12.7 Å². The molecule has 0 amide bonds. The van der Waals surface area contributed by atoms with Gasteiger partial charge < -0.3 is 5.11 Å². The smallest absolute Gasteiger partial charge is 0.126 e. The van der Waals surface area contributed by atoms with Gasteiger partial charge >= 0.3 is 0 Å². The molecule has 1 nitrogen and oxygen atoms in total. The minimum absolute atomic E-state index is 0.234. The number of benzene rings is 2. The van der Waals surface area contributed by atoms with Gasteiger partial charge in [-0.15, -0.1) is 0 Å². The predicted molar refractivity (Wildman–Crippen MR) is 50.3 cm³/mol. The molecule has 66 valence electrons. The van der Waals surface area contributed by atoms with E-state index in [2.05, 4.69) is 0 Å². The molecule has 0 aliphatic rings. The Morgan fingerprint density at radius 2 is 1.92 bits per heavy atom. The third kappa shape index (κ3) is 1.24. The standard InChI is InChI=1S/C11H9FO/c1-7-2-3-8-6-9(12)4-5-10(8)11(7)13/h2-6,13H,1H3. The van der Waals surface area contributed by atoms with E-state index >= 15 is 0 Å². The fraction of sp³-hybridized carbons (Fsp3) is 0.0909.